The molecule has 1 unspecified atom stereocenters. The Hall–Kier alpha value is -3.32. The molecule has 0 spiro atoms. The van der Waals surface area contributed by atoms with E-state index in [4.69, 9.17) is 14.0 Å². The van der Waals surface area contributed by atoms with Gasteiger partial charge in [0.25, 0.3) is 0 Å². The fourth-order valence-electron chi connectivity index (χ4n) is 4.22. The van der Waals surface area contributed by atoms with Gasteiger partial charge in [0.1, 0.15) is 18.9 Å². The predicted octanol–water partition coefficient (Wildman–Crippen LogP) is 4.20. The molecule has 0 aliphatic carbocycles. The largest absolute Gasteiger partial charge is 0.486 e. The number of anilines is 1. The molecule has 2 aromatic carbocycles. The molecule has 1 saturated heterocycles. The standard InChI is InChI=1S/C24H25N3O4/c1-16-4-6-17(7-5-16)19-14-24(31-26-19)25-23(28)15-27-10-2-3-20(27)18-8-9-21-22(13-18)30-12-11-29-21/h4-9,13-14,20H,2-3,10-12,15H2,1H3,(H,25,28). The molecule has 7 nitrogen and oxygen atoms in total. The maximum absolute atomic E-state index is 12.7. The number of nitrogens with one attached hydrogen (secondary N) is 1. The highest BCUT2D eigenvalue weighted by molar-refractivity contribution is 5.91. The zero-order valence-corrected chi connectivity index (χ0v) is 17.5. The van der Waals surface area contributed by atoms with Crippen LogP contribution in [0, 0.1) is 6.92 Å². The highest BCUT2D eigenvalue weighted by Crippen LogP contribution is 2.38. The molecule has 0 saturated carbocycles. The van der Waals surface area contributed by atoms with Crippen molar-refractivity contribution in [2.24, 2.45) is 0 Å². The second kappa shape index (κ2) is 8.43. The number of likely N-dealkylation sites (tertiary alicyclic amines) is 1. The first-order valence-electron chi connectivity index (χ1n) is 10.6. The highest BCUT2D eigenvalue weighted by Gasteiger charge is 2.29. The van der Waals surface area contributed by atoms with Crippen LogP contribution in [0.5, 0.6) is 11.5 Å². The molecule has 7 heteroatoms. The molecule has 2 aliphatic rings. The summed E-state index contributed by atoms with van der Waals surface area (Å²) in [6.45, 7) is 4.34. The number of rotatable bonds is 5. The third-order valence-electron chi connectivity index (χ3n) is 5.78. The van der Waals surface area contributed by atoms with Gasteiger partial charge in [-0.1, -0.05) is 41.1 Å². The predicted molar refractivity (Wildman–Crippen MR) is 116 cm³/mol. The molecule has 0 bridgehead atoms. The number of amides is 1. The molecule has 2 aliphatic heterocycles. The number of nitrogens with zero attached hydrogens (tertiary/aromatic N) is 2. The molecule has 1 atom stereocenters. The van der Waals surface area contributed by atoms with Crippen LogP contribution >= 0.6 is 0 Å². The Morgan fingerprint density at radius 1 is 1.10 bits per heavy atom. The van der Waals surface area contributed by atoms with E-state index in [1.807, 2.05) is 43.3 Å². The van der Waals surface area contributed by atoms with E-state index in [9.17, 15) is 4.79 Å². The van der Waals surface area contributed by atoms with E-state index in [0.29, 0.717) is 31.3 Å². The third-order valence-corrected chi connectivity index (χ3v) is 5.78. The summed E-state index contributed by atoms with van der Waals surface area (Å²) in [4.78, 5) is 14.9. The van der Waals surface area contributed by atoms with Crippen LogP contribution in [-0.4, -0.2) is 42.3 Å². The minimum absolute atomic E-state index is 0.115. The molecule has 160 valence electrons. The maximum Gasteiger partial charge on any atom is 0.240 e. The number of carbonyl (C=O) groups excluding carboxylic acids is 1. The average molecular weight is 419 g/mol. The number of carbonyl (C=O) groups is 1. The molecular weight excluding hydrogens is 394 g/mol. The summed E-state index contributed by atoms with van der Waals surface area (Å²) in [5.41, 5.74) is 3.98. The minimum Gasteiger partial charge on any atom is -0.486 e. The molecule has 3 heterocycles. The molecular formula is C24H25N3O4. The van der Waals surface area contributed by atoms with E-state index in [0.717, 1.165) is 42.0 Å². The van der Waals surface area contributed by atoms with Crippen molar-refractivity contribution in [3.05, 3.63) is 59.7 Å². The zero-order valence-electron chi connectivity index (χ0n) is 17.5. The van der Waals surface area contributed by atoms with Crippen LogP contribution in [0.25, 0.3) is 11.3 Å². The van der Waals surface area contributed by atoms with Crippen molar-refractivity contribution in [3.8, 4) is 22.8 Å². The van der Waals surface area contributed by atoms with Gasteiger partial charge in [0.05, 0.1) is 6.54 Å². The molecule has 1 amide bonds. The van der Waals surface area contributed by atoms with Crippen LogP contribution in [0.2, 0.25) is 0 Å². The van der Waals surface area contributed by atoms with Crippen LogP contribution in [0.15, 0.2) is 53.1 Å². The van der Waals surface area contributed by atoms with Crippen LogP contribution in [0.3, 0.4) is 0 Å². The monoisotopic (exact) mass is 419 g/mol. The van der Waals surface area contributed by atoms with Crippen LogP contribution in [0.4, 0.5) is 5.88 Å². The topological polar surface area (TPSA) is 76.8 Å². The molecule has 5 rings (SSSR count). The van der Waals surface area contributed by atoms with Crippen molar-refractivity contribution in [1.29, 1.82) is 0 Å². The third kappa shape index (κ3) is 4.27. The summed E-state index contributed by atoms with van der Waals surface area (Å²) >= 11 is 0. The average Bonchev–Trinajstić information content (AvgIpc) is 3.43. The zero-order chi connectivity index (χ0) is 21.2. The number of hydrogen-bond donors (Lipinski definition) is 1. The van der Waals surface area contributed by atoms with E-state index in [1.165, 1.54) is 5.56 Å². The molecule has 0 radical (unpaired) electrons. The lowest BCUT2D eigenvalue weighted by molar-refractivity contribution is -0.117. The van der Waals surface area contributed by atoms with E-state index in [-0.39, 0.29) is 11.9 Å². The van der Waals surface area contributed by atoms with E-state index in [1.54, 1.807) is 6.07 Å². The van der Waals surface area contributed by atoms with Gasteiger partial charge in [0.15, 0.2) is 11.5 Å². The number of fused-ring (bicyclic) bond motifs is 1. The van der Waals surface area contributed by atoms with Gasteiger partial charge in [-0.3, -0.25) is 15.0 Å². The van der Waals surface area contributed by atoms with Crippen molar-refractivity contribution in [2.75, 3.05) is 31.6 Å². The Morgan fingerprint density at radius 2 is 1.90 bits per heavy atom. The normalized spacial score (nSPS) is 18.2. The fourth-order valence-corrected chi connectivity index (χ4v) is 4.22. The Labute approximate surface area is 180 Å². The van der Waals surface area contributed by atoms with Gasteiger partial charge in [0, 0.05) is 17.7 Å². The van der Waals surface area contributed by atoms with Gasteiger partial charge in [0.2, 0.25) is 11.8 Å². The van der Waals surface area contributed by atoms with Gasteiger partial charge < -0.3 is 14.0 Å². The Morgan fingerprint density at radius 3 is 2.74 bits per heavy atom. The molecule has 1 N–H and O–H groups in total. The lowest BCUT2D eigenvalue weighted by Gasteiger charge is -2.26. The quantitative estimate of drug-likeness (QED) is 0.668. The molecule has 3 aromatic rings. The lowest BCUT2D eigenvalue weighted by atomic mass is 10.0. The first-order chi connectivity index (χ1) is 15.2. The SMILES string of the molecule is Cc1ccc(-c2cc(NC(=O)CN3CCCC3c3ccc4c(c3)OCCO4)on2)cc1. The van der Waals surface area contributed by atoms with Gasteiger partial charge in [-0.15, -0.1) is 0 Å². The molecule has 1 aromatic heterocycles. The fraction of sp³-hybridized carbons (Fsp3) is 0.333. The minimum atomic E-state index is -0.115. The maximum atomic E-state index is 12.7. The van der Waals surface area contributed by atoms with E-state index < -0.39 is 0 Å². The number of benzene rings is 2. The number of ether oxygens (including phenoxy) is 2. The number of aryl methyl sites for hydroxylation is 1. The van der Waals surface area contributed by atoms with Crippen molar-refractivity contribution >= 4 is 11.8 Å². The van der Waals surface area contributed by atoms with Crippen LogP contribution in [0.1, 0.15) is 30.0 Å². The van der Waals surface area contributed by atoms with Crippen molar-refractivity contribution in [1.82, 2.24) is 10.1 Å². The summed E-state index contributed by atoms with van der Waals surface area (Å²) in [6, 6.07) is 16.0. The smallest absolute Gasteiger partial charge is 0.240 e. The van der Waals surface area contributed by atoms with Gasteiger partial charge in [-0.05, 0) is 44.0 Å². The van der Waals surface area contributed by atoms with Crippen molar-refractivity contribution in [3.63, 3.8) is 0 Å². The van der Waals surface area contributed by atoms with E-state index >= 15 is 0 Å². The Balaban J connectivity index is 1.23. The van der Waals surface area contributed by atoms with E-state index in [2.05, 4.69) is 21.4 Å². The molecule has 31 heavy (non-hydrogen) atoms. The van der Waals surface area contributed by atoms with Gasteiger partial charge in [-0.25, -0.2) is 0 Å². The first-order valence-corrected chi connectivity index (χ1v) is 10.6. The van der Waals surface area contributed by atoms with Crippen molar-refractivity contribution < 1.29 is 18.8 Å². The first kappa shape index (κ1) is 19.6. The second-order valence-corrected chi connectivity index (χ2v) is 8.02. The van der Waals surface area contributed by atoms with Gasteiger partial charge in [-0.2, -0.15) is 0 Å². The van der Waals surface area contributed by atoms with Crippen molar-refractivity contribution in [2.45, 2.75) is 25.8 Å². The van der Waals surface area contributed by atoms with Crippen LogP contribution in [-0.2, 0) is 4.79 Å². The van der Waals surface area contributed by atoms with Gasteiger partial charge >= 0.3 is 0 Å². The highest BCUT2D eigenvalue weighted by atomic mass is 16.6. The molecule has 1 fully saturated rings. The summed E-state index contributed by atoms with van der Waals surface area (Å²) in [5, 5.41) is 6.91. The number of aromatic nitrogens is 1. The lowest BCUT2D eigenvalue weighted by Crippen LogP contribution is -2.32. The number of hydrogen-bond acceptors (Lipinski definition) is 6. The summed E-state index contributed by atoms with van der Waals surface area (Å²) < 4.78 is 16.7. The second-order valence-electron chi connectivity index (χ2n) is 8.02. The summed E-state index contributed by atoms with van der Waals surface area (Å²) in [7, 11) is 0. The summed E-state index contributed by atoms with van der Waals surface area (Å²) in [6.07, 6.45) is 2.05. The van der Waals surface area contributed by atoms with Crippen LogP contribution < -0.4 is 14.8 Å². The summed E-state index contributed by atoms with van der Waals surface area (Å²) in [5.74, 6) is 1.81. The Kier molecular flexibility index (Phi) is 5.34. The Bertz CT molecular complexity index is 1080.